The Morgan fingerprint density at radius 1 is 1.29 bits per heavy atom. The van der Waals surface area contributed by atoms with E-state index >= 15 is 0 Å². The standard InChI is InChI=1S/C17H21NO5S/c1-10-18-14-16(21)15(20)12(23-17(14)24-10)9-22-13(19)8-7-11-5-3-2-4-6-11/h2-6,12,14-17,20-21H,7-9H2,1H3/t12-,14-,15-,16-,17-/m1/s1. The van der Waals surface area contributed by atoms with Crippen LogP contribution in [0.1, 0.15) is 18.9 Å². The van der Waals surface area contributed by atoms with Crippen LogP contribution in [-0.2, 0) is 20.7 Å². The summed E-state index contributed by atoms with van der Waals surface area (Å²) in [7, 11) is 0. The van der Waals surface area contributed by atoms with Crippen LogP contribution in [0, 0.1) is 0 Å². The van der Waals surface area contributed by atoms with Crippen LogP contribution in [0.5, 0.6) is 0 Å². The van der Waals surface area contributed by atoms with Gasteiger partial charge in [0.15, 0.2) is 0 Å². The Morgan fingerprint density at radius 2 is 2.04 bits per heavy atom. The van der Waals surface area contributed by atoms with Crippen molar-refractivity contribution in [2.75, 3.05) is 6.61 Å². The van der Waals surface area contributed by atoms with E-state index in [0.29, 0.717) is 6.42 Å². The van der Waals surface area contributed by atoms with Crippen LogP contribution in [0.3, 0.4) is 0 Å². The summed E-state index contributed by atoms with van der Waals surface area (Å²) in [6, 6.07) is 9.22. The van der Waals surface area contributed by atoms with Gasteiger partial charge in [-0.15, -0.1) is 0 Å². The maximum absolute atomic E-state index is 11.9. The number of hydrogen-bond acceptors (Lipinski definition) is 7. The molecule has 1 fully saturated rings. The Bertz CT molecular complexity index is 608. The lowest BCUT2D eigenvalue weighted by Crippen LogP contribution is -2.56. The Kier molecular flexibility index (Phi) is 5.55. The summed E-state index contributed by atoms with van der Waals surface area (Å²) >= 11 is 1.42. The summed E-state index contributed by atoms with van der Waals surface area (Å²) in [5.41, 5.74) is 0.730. The minimum absolute atomic E-state index is 0.0747. The first-order valence-corrected chi connectivity index (χ1v) is 8.85. The summed E-state index contributed by atoms with van der Waals surface area (Å²) in [4.78, 5) is 16.1. The van der Waals surface area contributed by atoms with Crippen molar-refractivity contribution < 1.29 is 24.5 Å². The topological polar surface area (TPSA) is 88.4 Å². The number of benzene rings is 1. The maximum atomic E-state index is 11.9. The third-order valence-corrected chi connectivity index (χ3v) is 5.22. The number of aliphatic hydroxyl groups is 2. The van der Waals surface area contributed by atoms with Gasteiger partial charge in [-0.2, -0.15) is 0 Å². The lowest BCUT2D eigenvalue weighted by molar-refractivity contribution is -0.178. The zero-order valence-corrected chi connectivity index (χ0v) is 14.2. The zero-order chi connectivity index (χ0) is 17.1. The molecule has 1 aromatic rings. The monoisotopic (exact) mass is 351 g/mol. The number of carbonyl (C=O) groups excluding carboxylic acids is 1. The quantitative estimate of drug-likeness (QED) is 0.774. The molecule has 2 aliphatic rings. The number of fused-ring (bicyclic) bond motifs is 1. The van der Waals surface area contributed by atoms with E-state index in [9.17, 15) is 15.0 Å². The van der Waals surface area contributed by atoms with Crippen molar-refractivity contribution in [2.24, 2.45) is 4.99 Å². The van der Waals surface area contributed by atoms with E-state index in [1.807, 2.05) is 37.3 Å². The van der Waals surface area contributed by atoms with Gasteiger partial charge in [-0.25, -0.2) is 0 Å². The van der Waals surface area contributed by atoms with E-state index in [-0.39, 0.29) is 24.4 Å². The minimum atomic E-state index is -1.12. The third-order valence-electron chi connectivity index (χ3n) is 4.16. The smallest absolute Gasteiger partial charge is 0.306 e. The molecule has 0 aromatic heterocycles. The van der Waals surface area contributed by atoms with E-state index in [4.69, 9.17) is 9.47 Å². The van der Waals surface area contributed by atoms with Crippen LogP contribution in [0.25, 0.3) is 0 Å². The summed E-state index contributed by atoms with van der Waals surface area (Å²) in [5, 5.41) is 21.1. The van der Waals surface area contributed by atoms with Gasteiger partial charge >= 0.3 is 5.97 Å². The number of ether oxygens (including phenoxy) is 2. The normalized spacial score (nSPS) is 32.1. The minimum Gasteiger partial charge on any atom is -0.463 e. The number of esters is 1. The summed E-state index contributed by atoms with van der Waals surface area (Å²) in [5.74, 6) is -0.349. The first-order chi connectivity index (χ1) is 11.5. The zero-order valence-electron chi connectivity index (χ0n) is 13.4. The van der Waals surface area contributed by atoms with E-state index in [1.54, 1.807) is 0 Å². The number of aryl methyl sites for hydroxylation is 1. The first kappa shape index (κ1) is 17.4. The average molecular weight is 351 g/mol. The second-order valence-corrected chi connectivity index (χ2v) is 7.24. The number of aliphatic hydroxyl groups excluding tert-OH is 2. The van der Waals surface area contributed by atoms with Crippen molar-refractivity contribution >= 4 is 22.8 Å². The molecule has 5 atom stereocenters. The molecule has 24 heavy (non-hydrogen) atoms. The molecule has 0 bridgehead atoms. The molecule has 0 spiro atoms. The van der Waals surface area contributed by atoms with Gasteiger partial charge < -0.3 is 19.7 Å². The molecule has 0 amide bonds. The van der Waals surface area contributed by atoms with Crippen molar-refractivity contribution in [3.63, 3.8) is 0 Å². The molecule has 3 rings (SSSR count). The summed E-state index contributed by atoms with van der Waals surface area (Å²) in [6.07, 6.45) is -2.01. The van der Waals surface area contributed by atoms with Gasteiger partial charge in [0.1, 0.15) is 36.4 Å². The highest BCUT2D eigenvalue weighted by atomic mass is 32.2. The number of nitrogens with zero attached hydrogens (tertiary/aromatic N) is 1. The number of carbonyl (C=O) groups is 1. The highest BCUT2D eigenvalue weighted by molar-refractivity contribution is 8.14. The van der Waals surface area contributed by atoms with Crippen molar-refractivity contribution in [3.05, 3.63) is 35.9 Å². The predicted molar refractivity (Wildman–Crippen MR) is 90.9 cm³/mol. The molecule has 130 valence electrons. The second kappa shape index (κ2) is 7.65. The molecule has 0 radical (unpaired) electrons. The lowest BCUT2D eigenvalue weighted by atomic mass is 9.99. The molecule has 1 saturated heterocycles. The highest BCUT2D eigenvalue weighted by Gasteiger charge is 2.47. The van der Waals surface area contributed by atoms with Crippen LogP contribution in [0.4, 0.5) is 0 Å². The van der Waals surface area contributed by atoms with Gasteiger partial charge in [0.05, 0.1) is 5.04 Å². The molecular formula is C17H21NO5S. The SMILES string of the molecule is CC1=N[C@@H]2[C@@H](O)[C@H](O)[C@@H](COC(=O)CCc3ccccc3)O[C@@H]2S1. The first-order valence-electron chi connectivity index (χ1n) is 7.97. The fourth-order valence-corrected chi connectivity index (χ4v) is 3.91. The van der Waals surface area contributed by atoms with Crippen LogP contribution < -0.4 is 0 Å². The van der Waals surface area contributed by atoms with Crippen LogP contribution >= 0.6 is 11.8 Å². The molecule has 2 heterocycles. The van der Waals surface area contributed by atoms with Crippen LogP contribution in [0.2, 0.25) is 0 Å². The Labute approximate surface area is 144 Å². The van der Waals surface area contributed by atoms with Crippen molar-refractivity contribution in [3.8, 4) is 0 Å². The Hall–Kier alpha value is -1.41. The summed E-state index contributed by atoms with van der Waals surface area (Å²) < 4.78 is 11.0. The van der Waals surface area contributed by atoms with Gasteiger partial charge in [-0.3, -0.25) is 9.79 Å². The van der Waals surface area contributed by atoms with Gasteiger partial charge in [-0.1, -0.05) is 42.1 Å². The number of rotatable bonds is 5. The lowest BCUT2D eigenvalue weighted by Gasteiger charge is -2.37. The molecule has 7 heteroatoms. The maximum Gasteiger partial charge on any atom is 0.306 e. The van der Waals surface area contributed by atoms with E-state index in [0.717, 1.165) is 10.6 Å². The molecule has 0 unspecified atom stereocenters. The average Bonchev–Trinajstić information content (AvgIpc) is 2.96. The van der Waals surface area contributed by atoms with Gasteiger partial charge in [-0.05, 0) is 18.9 Å². The molecule has 0 saturated carbocycles. The Morgan fingerprint density at radius 3 is 2.79 bits per heavy atom. The summed E-state index contributed by atoms with van der Waals surface area (Å²) in [6.45, 7) is 1.76. The highest BCUT2D eigenvalue weighted by Crippen LogP contribution is 2.36. The van der Waals surface area contributed by atoms with Crippen LogP contribution in [0.15, 0.2) is 35.3 Å². The fraction of sp³-hybridized carbons (Fsp3) is 0.529. The predicted octanol–water partition coefficient (Wildman–Crippen LogP) is 1.14. The van der Waals surface area contributed by atoms with Gasteiger partial charge in [0.25, 0.3) is 0 Å². The molecular weight excluding hydrogens is 330 g/mol. The van der Waals surface area contributed by atoms with Crippen molar-refractivity contribution in [2.45, 2.75) is 49.6 Å². The van der Waals surface area contributed by atoms with Crippen molar-refractivity contribution in [1.82, 2.24) is 0 Å². The number of aliphatic imine (C=N–C) groups is 1. The molecule has 1 aromatic carbocycles. The number of thioether (sulfide) groups is 1. The van der Waals surface area contributed by atoms with Gasteiger partial charge in [0.2, 0.25) is 0 Å². The molecule has 0 aliphatic carbocycles. The van der Waals surface area contributed by atoms with E-state index in [1.165, 1.54) is 11.8 Å². The third kappa shape index (κ3) is 3.97. The molecule has 2 aliphatic heterocycles. The van der Waals surface area contributed by atoms with Crippen molar-refractivity contribution in [1.29, 1.82) is 0 Å². The Balaban J connectivity index is 1.47. The van der Waals surface area contributed by atoms with Gasteiger partial charge in [0, 0.05) is 6.42 Å². The fourth-order valence-electron chi connectivity index (χ4n) is 2.84. The van der Waals surface area contributed by atoms with E-state index in [2.05, 4.69) is 4.99 Å². The van der Waals surface area contributed by atoms with E-state index < -0.39 is 24.4 Å². The largest absolute Gasteiger partial charge is 0.463 e. The van der Waals surface area contributed by atoms with Crippen LogP contribution in [-0.4, -0.2) is 57.6 Å². The number of hydrogen-bond donors (Lipinski definition) is 2. The molecule has 6 nitrogen and oxygen atoms in total. The second-order valence-electron chi connectivity index (χ2n) is 5.95. The molecule has 2 N–H and O–H groups in total.